The van der Waals surface area contributed by atoms with Crippen LogP contribution in [0.3, 0.4) is 0 Å². The maximum Gasteiger partial charge on any atom is 0.170 e. The van der Waals surface area contributed by atoms with Gasteiger partial charge in [-0.2, -0.15) is 0 Å². The minimum Gasteiger partial charge on any atom is -0.361 e. The van der Waals surface area contributed by atoms with E-state index in [1.165, 1.54) is 16.7 Å². The van der Waals surface area contributed by atoms with E-state index >= 15 is 0 Å². The molecule has 1 heterocycles. The lowest BCUT2D eigenvalue weighted by Crippen LogP contribution is -2.28. The minimum atomic E-state index is 0.323. The van der Waals surface area contributed by atoms with E-state index < -0.39 is 0 Å². The van der Waals surface area contributed by atoms with Gasteiger partial charge in [-0.05, 0) is 36.3 Å². The van der Waals surface area contributed by atoms with Crippen LogP contribution in [0.2, 0.25) is 0 Å². The molecule has 0 bridgehead atoms. The third-order valence-electron chi connectivity index (χ3n) is 3.50. The second-order valence-corrected chi connectivity index (χ2v) is 5.30. The average Bonchev–Trinajstić information content (AvgIpc) is 2.58. The number of anilines is 1. The molecule has 0 aliphatic carbocycles. The molecule has 2 N–H and O–H groups in total. The number of aryl methyl sites for hydroxylation is 1. The molecule has 0 amide bonds. The summed E-state index contributed by atoms with van der Waals surface area (Å²) >= 11 is 5.28. The van der Waals surface area contributed by atoms with Crippen molar-refractivity contribution in [2.24, 2.45) is 0 Å². The summed E-state index contributed by atoms with van der Waals surface area (Å²) in [6.07, 6.45) is 0. The Kier molecular flexibility index (Phi) is 3.22. The van der Waals surface area contributed by atoms with Gasteiger partial charge in [0, 0.05) is 18.2 Å². The van der Waals surface area contributed by atoms with E-state index in [-0.39, 0.29) is 0 Å². The predicted molar refractivity (Wildman–Crippen MR) is 83.7 cm³/mol. The Morgan fingerprint density at radius 1 is 1.11 bits per heavy atom. The maximum atomic E-state index is 5.28. The van der Waals surface area contributed by atoms with Crippen LogP contribution in [-0.2, 0) is 0 Å². The van der Waals surface area contributed by atoms with Crippen molar-refractivity contribution in [1.82, 2.24) is 5.32 Å². The Labute approximate surface area is 118 Å². The molecule has 1 aliphatic heterocycles. The number of thiocarbonyl (C=S) groups is 1. The molecule has 1 atom stereocenters. The van der Waals surface area contributed by atoms with Gasteiger partial charge in [0.1, 0.15) is 0 Å². The summed E-state index contributed by atoms with van der Waals surface area (Å²) in [7, 11) is 0. The van der Waals surface area contributed by atoms with Crippen LogP contribution in [0.1, 0.15) is 22.6 Å². The molecule has 1 aliphatic rings. The molecule has 0 spiro atoms. The zero-order chi connectivity index (χ0) is 13.2. The molecule has 0 saturated heterocycles. The molecular weight excluding hydrogens is 252 g/mol. The highest BCUT2D eigenvalue weighted by atomic mass is 32.1. The molecule has 96 valence electrons. The van der Waals surface area contributed by atoms with E-state index in [0.717, 1.165) is 12.2 Å². The number of benzene rings is 2. The van der Waals surface area contributed by atoms with E-state index in [9.17, 15) is 0 Å². The summed E-state index contributed by atoms with van der Waals surface area (Å²) in [6.45, 7) is 2.95. The first-order chi connectivity index (χ1) is 9.24. The van der Waals surface area contributed by atoms with E-state index in [2.05, 4.69) is 60.0 Å². The van der Waals surface area contributed by atoms with Crippen molar-refractivity contribution < 1.29 is 0 Å². The SMILES string of the molecule is Cc1ccc2c(c1)C(c1ccccc1)CNC(=S)N2. The Morgan fingerprint density at radius 3 is 2.68 bits per heavy atom. The molecule has 2 aromatic carbocycles. The first-order valence-electron chi connectivity index (χ1n) is 6.44. The van der Waals surface area contributed by atoms with Crippen LogP contribution in [-0.4, -0.2) is 11.7 Å². The smallest absolute Gasteiger partial charge is 0.170 e. The van der Waals surface area contributed by atoms with Gasteiger partial charge in [0.2, 0.25) is 0 Å². The first-order valence-corrected chi connectivity index (χ1v) is 6.85. The van der Waals surface area contributed by atoms with Crippen LogP contribution >= 0.6 is 12.2 Å². The molecule has 2 aromatic rings. The van der Waals surface area contributed by atoms with Crippen molar-refractivity contribution in [2.45, 2.75) is 12.8 Å². The van der Waals surface area contributed by atoms with E-state index in [1.54, 1.807) is 0 Å². The average molecular weight is 268 g/mol. The molecule has 0 saturated carbocycles. The largest absolute Gasteiger partial charge is 0.361 e. The van der Waals surface area contributed by atoms with Gasteiger partial charge >= 0.3 is 0 Å². The Balaban J connectivity index is 2.11. The summed E-state index contributed by atoms with van der Waals surface area (Å²) in [5.41, 5.74) is 5.00. The van der Waals surface area contributed by atoms with Crippen molar-refractivity contribution in [2.75, 3.05) is 11.9 Å². The Bertz CT molecular complexity index is 607. The lowest BCUT2D eigenvalue weighted by Gasteiger charge is -2.18. The molecule has 0 radical (unpaired) electrons. The fourth-order valence-corrected chi connectivity index (χ4v) is 2.73. The lowest BCUT2D eigenvalue weighted by atomic mass is 9.89. The van der Waals surface area contributed by atoms with Crippen molar-refractivity contribution in [3.8, 4) is 0 Å². The summed E-state index contributed by atoms with van der Waals surface area (Å²) in [4.78, 5) is 0. The number of fused-ring (bicyclic) bond motifs is 1. The van der Waals surface area contributed by atoms with Crippen molar-refractivity contribution in [3.63, 3.8) is 0 Å². The summed E-state index contributed by atoms with van der Waals surface area (Å²) in [6, 6.07) is 17.0. The molecule has 0 aromatic heterocycles. The predicted octanol–water partition coefficient (Wildman–Crippen LogP) is 3.43. The fraction of sp³-hybridized carbons (Fsp3) is 0.188. The quantitative estimate of drug-likeness (QED) is 0.775. The molecule has 3 heteroatoms. The molecule has 19 heavy (non-hydrogen) atoms. The van der Waals surface area contributed by atoms with Crippen LogP contribution in [0, 0.1) is 6.92 Å². The highest BCUT2D eigenvalue weighted by molar-refractivity contribution is 7.80. The first kappa shape index (κ1) is 12.2. The summed E-state index contributed by atoms with van der Waals surface area (Å²) < 4.78 is 0. The number of hydrogen-bond donors (Lipinski definition) is 2. The highest BCUT2D eigenvalue weighted by Gasteiger charge is 2.21. The molecule has 3 rings (SSSR count). The second-order valence-electron chi connectivity index (χ2n) is 4.89. The standard InChI is InChI=1S/C16H16N2S/c1-11-7-8-15-13(9-11)14(10-17-16(19)18-15)12-5-3-2-4-6-12/h2-9,14H,10H2,1H3,(H2,17,18,19). The van der Waals surface area contributed by atoms with Gasteiger partial charge in [-0.15, -0.1) is 0 Å². The third kappa shape index (κ3) is 2.47. The Hall–Kier alpha value is -1.87. The van der Waals surface area contributed by atoms with Gasteiger partial charge in [-0.25, -0.2) is 0 Å². The van der Waals surface area contributed by atoms with Crippen LogP contribution in [0.15, 0.2) is 48.5 Å². The fourth-order valence-electron chi connectivity index (χ4n) is 2.54. The minimum absolute atomic E-state index is 0.323. The molecule has 2 nitrogen and oxygen atoms in total. The van der Waals surface area contributed by atoms with Crippen molar-refractivity contribution in [3.05, 3.63) is 65.2 Å². The van der Waals surface area contributed by atoms with Crippen LogP contribution < -0.4 is 10.6 Å². The van der Waals surface area contributed by atoms with Gasteiger partial charge in [-0.1, -0.05) is 48.0 Å². The van der Waals surface area contributed by atoms with Crippen molar-refractivity contribution in [1.29, 1.82) is 0 Å². The topological polar surface area (TPSA) is 24.1 Å². The zero-order valence-electron chi connectivity index (χ0n) is 10.8. The zero-order valence-corrected chi connectivity index (χ0v) is 11.6. The maximum absolute atomic E-state index is 5.28. The van der Waals surface area contributed by atoms with E-state index in [4.69, 9.17) is 12.2 Å². The second kappa shape index (κ2) is 5.02. The Morgan fingerprint density at radius 2 is 1.89 bits per heavy atom. The van der Waals surface area contributed by atoms with Crippen LogP contribution in [0.4, 0.5) is 5.69 Å². The van der Waals surface area contributed by atoms with Gasteiger partial charge in [-0.3, -0.25) is 0 Å². The highest BCUT2D eigenvalue weighted by Crippen LogP contribution is 2.32. The van der Waals surface area contributed by atoms with Gasteiger partial charge < -0.3 is 10.6 Å². The number of nitrogens with one attached hydrogen (secondary N) is 2. The normalized spacial score (nSPS) is 17.9. The van der Waals surface area contributed by atoms with Gasteiger partial charge in [0.25, 0.3) is 0 Å². The molecular formula is C16H16N2S. The van der Waals surface area contributed by atoms with Crippen LogP contribution in [0.5, 0.6) is 0 Å². The summed E-state index contributed by atoms with van der Waals surface area (Å²) in [5.74, 6) is 0.323. The van der Waals surface area contributed by atoms with Gasteiger partial charge in [0.15, 0.2) is 5.11 Å². The summed E-state index contributed by atoms with van der Waals surface area (Å²) in [5, 5.41) is 7.25. The van der Waals surface area contributed by atoms with Crippen LogP contribution in [0.25, 0.3) is 0 Å². The lowest BCUT2D eigenvalue weighted by molar-refractivity contribution is 0.771. The van der Waals surface area contributed by atoms with E-state index in [1.807, 2.05) is 6.07 Å². The van der Waals surface area contributed by atoms with Gasteiger partial charge in [0.05, 0.1) is 0 Å². The monoisotopic (exact) mass is 268 g/mol. The third-order valence-corrected chi connectivity index (χ3v) is 3.75. The molecule has 0 fully saturated rings. The van der Waals surface area contributed by atoms with Crippen molar-refractivity contribution >= 4 is 23.0 Å². The van der Waals surface area contributed by atoms with E-state index in [0.29, 0.717) is 11.0 Å². The molecule has 1 unspecified atom stereocenters. The number of rotatable bonds is 1. The number of hydrogen-bond acceptors (Lipinski definition) is 1.